The van der Waals surface area contributed by atoms with Gasteiger partial charge in [0.15, 0.2) is 0 Å². The van der Waals surface area contributed by atoms with Crippen LogP contribution in [0.4, 0.5) is 0 Å². The maximum atomic E-state index is 13.0. The number of amides is 1. The lowest BCUT2D eigenvalue weighted by Crippen LogP contribution is -2.30. The number of nitrogens with zero attached hydrogens (tertiary/aromatic N) is 1. The summed E-state index contributed by atoms with van der Waals surface area (Å²) >= 11 is 12.3. The number of likely N-dealkylation sites (tertiary alicyclic amines) is 1. The first kappa shape index (κ1) is 24.1. The minimum absolute atomic E-state index is 0.0423. The van der Waals surface area contributed by atoms with Crippen molar-refractivity contribution in [1.82, 2.24) is 4.90 Å². The van der Waals surface area contributed by atoms with Crippen LogP contribution in [0.3, 0.4) is 0 Å². The number of ether oxygens (including phenoxy) is 1. The van der Waals surface area contributed by atoms with E-state index in [2.05, 4.69) is 0 Å². The molecule has 7 heteroatoms. The highest BCUT2D eigenvalue weighted by Gasteiger charge is 2.45. The minimum Gasteiger partial charge on any atom is -0.507 e. The molecule has 1 heterocycles. The lowest BCUT2D eigenvalue weighted by Gasteiger charge is -2.25. The van der Waals surface area contributed by atoms with Crippen molar-refractivity contribution >= 4 is 40.7 Å². The van der Waals surface area contributed by atoms with Gasteiger partial charge in [0.05, 0.1) is 28.3 Å². The van der Waals surface area contributed by atoms with Crippen LogP contribution in [0, 0.1) is 0 Å². The average Bonchev–Trinajstić information content (AvgIpc) is 3.01. The molecule has 0 bridgehead atoms. The Morgan fingerprint density at radius 1 is 1.09 bits per heavy atom. The van der Waals surface area contributed by atoms with Crippen molar-refractivity contribution in [3.63, 3.8) is 0 Å². The molecular formula is C25H27Cl2NO4. The van der Waals surface area contributed by atoms with Gasteiger partial charge < -0.3 is 14.7 Å². The van der Waals surface area contributed by atoms with Gasteiger partial charge in [-0.15, -0.1) is 0 Å². The maximum Gasteiger partial charge on any atom is 0.295 e. The fraction of sp³-hybridized carbons (Fsp3) is 0.360. The smallest absolute Gasteiger partial charge is 0.295 e. The van der Waals surface area contributed by atoms with Crippen LogP contribution in [-0.2, 0) is 9.59 Å². The Kier molecular flexibility index (Phi) is 7.52. The van der Waals surface area contributed by atoms with Gasteiger partial charge in [-0.25, -0.2) is 0 Å². The van der Waals surface area contributed by atoms with E-state index in [0.717, 1.165) is 11.3 Å². The zero-order valence-electron chi connectivity index (χ0n) is 18.6. The number of hydrogen-bond acceptors (Lipinski definition) is 4. The number of Topliss-reactive ketones (excluding diaryl/α,β-unsaturated/α-hetero) is 1. The van der Waals surface area contributed by atoms with Gasteiger partial charge in [0.2, 0.25) is 0 Å². The standard InChI is InChI=1S/C25H27Cl2NO4/c1-5-11-28-22(15-7-9-18(26)19(27)13-15)21(24(30)25(28)31)23(29)16-8-10-20(32-6-2)17(12-16)14(3)4/h7-10,12-14,22,29H,5-6,11H2,1-4H3/b23-21-. The van der Waals surface area contributed by atoms with E-state index in [-0.39, 0.29) is 17.3 Å². The second-order valence-corrected chi connectivity index (χ2v) is 8.82. The number of aliphatic hydroxyl groups excluding tert-OH is 1. The predicted octanol–water partition coefficient (Wildman–Crippen LogP) is 6.35. The van der Waals surface area contributed by atoms with Crippen LogP contribution >= 0.6 is 23.2 Å². The molecule has 1 unspecified atom stereocenters. The second-order valence-electron chi connectivity index (χ2n) is 8.01. The molecule has 0 spiro atoms. The van der Waals surface area contributed by atoms with Crippen molar-refractivity contribution in [2.24, 2.45) is 0 Å². The molecule has 32 heavy (non-hydrogen) atoms. The monoisotopic (exact) mass is 475 g/mol. The summed E-state index contributed by atoms with van der Waals surface area (Å²) in [6.07, 6.45) is 0.658. The first-order valence-corrected chi connectivity index (χ1v) is 11.5. The molecule has 0 radical (unpaired) electrons. The van der Waals surface area contributed by atoms with Gasteiger partial charge in [0.1, 0.15) is 11.5 Å². The van der Waals surface area contributed by atoms with Crippen LogP contribution in [0.5, 0.6) is 5.75 Å². The third-order valence-corrected chi connectivity index (χ3v) is 6.21. The fourth-order valence-corrected chi connectivity index (χ4v) is 4.28. The largest absolute Gasteiger partial charge is 0.507 e. The molecule has 1 amide bonds. The summed E-state index contributed by atoms with van der Waals surface area (Å²) in [5.41, 5.74) is 2.02. The Balaban J connectivity index is 2.21. The summed E-state index contributed by atoms with van der Waals surface area (Å²) in [7, 11) is 0. The van der Waals surface area contributed by atoms with Gasteiger partial charge in [-0.2, -0.15) is 0 Å². The van der Waals surface area contributed by atoms with Crippen molar-refractivity contribution in [3.8, 4) is 5.75 Å². The van der Waals surface area contributed by atoms with Gasteiger partial charge in [0.25, 0.3) is 11.7 Å². The number of aliphatic hydroxyl groups is 1. The van der Waals surface area contributed by atoms with Crippen LogP contribution in [0.25, 0.3) is 5.76 Å². The molecule has 0 saturated carbocycles. The predicted molar refractivity (Wildman–Crippen MR) is 127 cm³/mol. The van der Waals surface area contributed by atoms with Gasteiger partial charge in [-0.1, -0.05) is 50.0 Å². The molecular weight excluding hydrogens is 449 g/mol. The first-order chi connectivity index (χ1) is 15.2. The summed E-state index contributed by atoms with van der Waals surface area (Å²) in [5.74, 6) is -0.710. The molecule has 3 rings (SSSR count). The SMILES string of the molecule is CCCN1C(=O)C(=O)/C(=C(\O)c2ccc(OCC)c(C(C)C)c2)C1c1ccc(Cl)c(Cl)c1. The normalized spacial score (nSPS) is 18.0. The van der Waals surface area contributed by atoms with Crippen molar-refractivity contribution < 1.29 is 19.4 Å². The van der Waals surface area contributed by atoms with E-state index in [0.29, 0.717) is 40.7 Å². The van der Waals surface area contributed by atoms with E-state index in [1.807, 2.05) is 33.8 Å². The van der Waals surface area contributed by atoms with Crippen molar-refractivity contribution in [3.05, 3.63) is 68.7 Å². The summed E-state index contributed by atoms with van der Waals surface area (Å²) in [5, 5.41) is 11.9. The second kappa shape index (κ2) is 9.97. The summed E-state index contributed by atoms with van der Waals surface area (Å²) in [4.78, 5) is 27.4. The number of halogens is 2. The molecule has 170 valence electrons. The molecule has 2 aromatic rings. The molecule has 1 N–H and O–H groups in total. The Hall–Kier alpha value is -2.50. The summed E-state index contributed by atoms with van der Waals surface area (Å²) in [6, 6.07) is 9.52. The molecule has 0 aromatic heterocycles. The highest BCUT2D eigenvalue weighted by molar-refractivity contribution is 6.46. The van der Waals surface area contributed by atoms with Crippen molar-refractivity contribution in [1.29, 1.82) is 0 Å². The van der Waals surface area contributed by atoms with Gasteiger partial charge in [-0.05, 0) is 60.7 Å². The Morgan fingerprint density at radius 3 is 2.41 bits per heavy atom. The Labute approximate surface area is 198 Å². The number of ketones is 1. The van der Waals surface area contributed by atoms with Crippen LogP contribution in [0.15, 0.2) is 42.0 Å². The molecule has 1 saturated heterocycles. The molecule has 1 aliphatic heterocycles. The van der Waals surface area contributed by atoms with Gasteiger partial charge in [-0.3, -0.25) is 9.59 Å². The lowest BCUT2D eigenvalue weighted by atomic mass is 9.93. The Morgan fingerprint density at radius 2 is 1.81 bits per heavy atom. The van der Waals surface area contributed by atoms with Crippen molar-refractivity contribution in [2.45, 2.75) is 46.1 Å². The molecule has 2 aromatic carbocycles. The van der Waals surface area contributed by atoms with E-state index in [1.165, 1.54) is 4.90 Å². The zero-order chi connectivity index (χ0) is 23.6. The number of carbonyl (C=O) groups is 2. The number of rotatable bonds is 7. The average molecular weight is 476 g/mol. The molecule has 1 fully saturated rings. The first-order valence-electron chi connectivity index (χ1n) is 10.7. The minimum atomic E-state index is -0.751. The molecule has 5 nitrogen and oxygen atoms in total. The van der Waals surface area contributed by atoms with Crippen LogP contribution in [0.1, 0.15) is 62.8 Å². The van der Waals surface area contributed by atoms with E-state index >= 15 is 0 Å². The molecule has 0 aliphatic carbocycles. The summed E-state index contributed by atoms with van der Waals surface area (Å²) < 4.78 is 5.71. The van der Waals surface area contributed by atoms with Crippen LogP contribution < -0.4 is 4.74 Å². The Bertz CT molecular complexity index is 1080. The van der Waals surface area contributed by atoms with E-state index in [4.69, 9.17) is 27.9 Å². The van der Waals surface area contributed by atoms with E-state index in [1.54, 1.807) is 30.3 Å². The van der Waals surface area contributed by atoms with Gasteiger partial charge in [0, 0.05) is 12.1 Å². The molecule has 1 atom stereocenters. The summed E-state index contributed by atoms with van der Waals surface area (Å²) in [6.45, 7) is 8.77. The van der Waals surface area contributed by atoms with Crippen LogP contribution in [-0.4, -0.2) is 34.8 Å². The lowest BCUT2D eigenvalue weighted by molar-refractivity contribution is -0.139. The van der Waals surface area contributed by atoms with Crippen molar-refractivity contribution in [2.75, 3.05) is 13.2 Å². The van der Waals surface area contributed by atoms with E-state index in [9.17, 15) is 14.7 Å². The van der Waals surface area contributed by atoms with Gasteiger partial charge >= 0.3 is 0 Å². The number of carbonyl (C=O) groups excluding carboxylic acids is 2. The maximum absolute atomic E-state index is 13.0. The quantitative estimate of drug-likeness (QED) is 0.287. The van der Waals surface area contributed by atoms with Crippen LogP contribution in [0.2, 0.25) is 10.0 Å². The van der Waals surface area contributed by atoms with E-state index < -0.39 is 17.7 Å². The number of benzene rings is 2. The zero-order valence-corrected chi connectivity index (χ0v) is 20.1. The third-order valence-electron chi connectivity index (χ3n) is 5.47. The fourth-order valence-electron chi connectivity index (χ4n) is 3.97. The molecule has 1 aliphatic rings. The topological polar surface area (TPSA) is 66.8 Å². The highest BCUT2D eigenvalue weighted by Crippen LogP contribution is 2.41. The number of hydrogen-bond donors (Lipinski definition) is 1. The highest BCUT2D eigenvalue weighted by atomic mass is 35.5. The third kappa shape index (κ3) is 4.50.